The number of benzene rings is 1. The minimum atomic E-state index is -0.508. The predicted octanol–water partition coefficient (Wildman–Crippen LogP) is 3.74. The highest BCUT2D eigenvalue weighted by atomic mass is 19.1. The maximum Gasteiger partial charge on any atom is 0.126 e. The SMILES string of the molecule is CCCNC(CCN(CC)CC)c1cc(F)cc(F)c1. The van der Waals surface area contributed by atoms with Gasteiger partial charge in [-0.1, -0.05) is 20.8 Å². The van der Waals surface area contributed by atoms with Gasteiger partial charge in [0.15, 0.2) is 0 Å². The fraction of sp³-hybridized carbons (Fsp3) is 0.625. The molecule has 2 nitrogen and oxygen atoms in total. The molecule has 0 spiro atoms. The molecular weight excluding hydrogens is 258 g/mol. The van der Waals surface area contributed by atoms with Crippen molar-refractivity contribution in [1.82, 2.24) is 10.2 Å². The van der Waals surface area contributed by atoms with Gasteiger partial charge in [-0.2, -0.15) is 0 Å². The van der Waals surface area contributed by atoms with Crippen LogP contribution in [0.5, 0.6) is 0 Å². The number of nitrogens with one attached hydrogen (secondary N) is 1. The summed E-state index contributed by atoms with van der Waals surface area (Å²) in [5.41, 5.74) is 0.697. The summed E-state index contributed by atoms with van der Waals surface area (Å²) >= 11 is 0. The molecule has 1 atom stereocenters. The Morgan fingerprint density at radius 3 is 2.15 bits per heavy atom. The highest BCUT2D eigenvalue weighted by Gasteiger charge is 2.14. The Bertz CT molecular complexity index is 372. The van der Waals surface area contributed by atoms with Gasteiger partial charge < -0.3 is 10.2 Å². The molecule has 0 saturated carbocycles. The number of halogens is 2. The second kappa shape index (κ2) is 9.03. The van der Waals surface area contributed by atoms with E-state index in [9.17, 15) is 8.78 Å². The van der Waals surface area contributed by atoms with Crippen LogP contribution in [0, 0.1) is 11.6 Å². The van der Waals surface area contributed by atoms with Crippen LogP contribution < -0.4 is 5.32 Å². The molecule has 20 heavy (non-hydrogen) atoms. The maximum atomic E-state index is 13.4. The molecule has 1 aromatic rings. The van der Waals surface area contributed by atoms with Gasteiger partial charge in [0.1, 0.15) is 11.6 Å². The third-order valence-electron chi connectivity index (χ3n) is 3.56. The predicted molar refractivity (Wildman–Crippen MR) is 79.8 cm³/mol. The molecule has 1 N–H and O–H groups in total. The van der Waals surface area contributed by atoms with E-state index < -0.39 is 11.6 Å². The number of hydrogen-bond donors (Lipinski definition) is 1. The fourth-order valence-electron chi connectivity index (χ4n) is 2.33. The molecule has 0 fully saturated rings. The first kappa shape index (κ1) is 17.1. The highest BCUT2D eigenvalue weighted by molar-refractivity contribution is 5.21. The lowest BCUT2D eigenvalue weighted by atomic mass is 10.0. The van der Waals surface area contributed by atoms with Crippen molar-refractivity contribution >= 4 is 0 Å². The molecule has 0 aliphatic rings. The molecule has 1 aromatic carbocycles. The van der Waals surface area contributed by atoms with Crippen molar-refractivity contribution in [2.24, 2.45) is 0 Å². The molecule has 1 rings (SSSR count). The minimum Gasteiger partial charge on any atom is -0.310 e. The Balaban J connectivity index is 2.76. The van der Waals surface area contributed by atoms with Gasteiger partial charge in [-0.3, -0.25) is 0 Å². The summed E-state index contributed by atoms with van der Waals surface area (Å²) < 4.78 is 26.7. The van der Waals surface area contributed by atoms with Gasteiger partial charge in [-0.15, -0.1) is 0 Å². The van der Waals surface area contributed by atoms with Crippen LogP contribution in [0.1, 0.15) is 45.2 Å². The Hall–Kier alpha value is -1.00. The van der Waals surface area contributed by atoms with E-state index in [2.05, 4.69) is 31.0 Å². The van der Waals surface area contributed by atoms with Gasteiger partial charge >= 0.3 is 0 Å². The average molecular weight is 284 g/mol. The van der Waals surface area contributed by atoms with Crippen LogP contribution in [0.4, 0.5) is 8.78 Å². The van der Waals surface area contributed by atoms with Gasteiger partial charge in [0.25, 0.3) is 0 Å². The number of hydrogen-bond acceptors (Lipinski definition) is 2. The van der Waals surface area contributed by atoms with Crippen LogP contribution in [0.3, 0.4) is 0 Å². The van der Waals surface area contributed by atoms with E-state index in [-0.39, 0.29) is 6.04 Å². The topological polar surface area (TPSA) is 15.3 Å². The quantitative estimate of drug-likeness (QED) is 0.743. The van der Waals surface area contributed by atoms with Crippen molar-refractivity contribution in [3.8, 4) is 0 Å². The molecular formula is C16H26F2N2. The molecule has 0 amide bonds. The molecule has 0 bridgehead atoms. The second-order valence-electron chi connectivity index (χ2n) is 5.03. The van der Waals surface area contributed by atoms with Crippen molar-refractivity contribution in [3.05, 3.63) is 35.4 Å². The minimum absolute atomic E-state index is 0.000694. The lowest BCUT2D eigenvalue weighted by molar-refractivity contribution is 0.281. The van der Waals surface area contributed by atoms with Crippen molar-refractivity contribution in [2.75, 3.05) is 26.2 Å². The van der Waals surface area contributed by atoms with Crippen molar-refractivity contribution < 1.29 is 8.78 Å². The smallest absolute Gasteiger partial charge is 0.126 e. The van der Waals surface area contributed by atoms with E-state index >= 15 is 0 Å². The van der Waals surface area contributed by atoms with Gasteiger partial charge in [0.2, 0.25) is 0 Å². The summed E-state index contributed by atoms with van der Waals surface area (Å²) in [5.74, 6) is -1.02. The van der Waals surface area contributed by atoms with Crippen LogP contribution in [-0.4, -0.2) is 31.1 Å². The van der Waals surface area contributed by atoms with E-state index in [1.54, 1.807) is 0 Å². The molecule has 0 saturated heterocycles. The maximum absolute atomic E-state index is 13.4. The highest BCUT2D eigenvalue weighted by Crippen LogP contribution is 2.20. The Labute approximate surface area is 121 Å². The Morgan fingerprint density at radius 1 is 1.05 bits per heavy atom. The third-order valence-corrected chi connectivity index (χ3v) is 3.56. The standard InChI is InChI=1S/C16H26F2N2/c1-4-8-19-16(7-9-20(5-2)6-3)13-10-14(17)12-15(18)11-13/h10-12,16,19H,4-9H2,1-3H3. The van der Waals surface area contributed by atoms with E-state index in [4.69, 9.17) is 0 Å². The summed E-state index contributed by atoms with van der Waals surface area (Å²) in [6.45, 7) is 10.1. The van der Waals surface area contributed by atoms with Crippen molar-refractivity contribution in [1.29, 1.82) is 0 Å². The first-order valence-corrected chi connectivity index (χ1v) is 7.52. The van der Waals surface area contributed by atoms with Gasteiger partial charge in [-0.05, 0) is 56.7 Å². The molecule has 0 heterocycles. The van der Waals surface area contributed by atoms with Crippen LogP contribution in [-0.2, 0) is 0 Å². The first-order chi connectivity index (χ1) is 9.60. The molecule has 0 aromatic heterocycles. The van der Waals surface area contributed by atoms with Gasteiger partial charge in [0.05, 0.1) is 0 Å². The zero-order chi connectivity index (χ0) is 15.0. The largest absolute Gasteiger partial charge is 0.310 e. The van der Waals surface area contributed by atoms with E-state index in [0.717, 1.165) is 45.1 Å². The number of rotatable bonds is 9. The zero-order valence-electron chi connectivity index (χ0n) is 12.8. The van der Waals surface area contributed by atoms with Gasteiger partial charge in [-0.25, -0.2) is 8.78 Å². The zero-order valence-corrected chi connectivity index (χ0v) is 12.8. The van der Waals surface area contributed by atoms with Crippen molar-refractivity contribution in [2.45, 2.75) is 39.7 Å². The average Bonchev–Trinajstić information content (AvgIpc) is 2.42. The lowest BCUT2D eigenvalue weighted by Gasteiger charge is -2.24. The summed E-state index contributed by atoms with van der Waals surface area (Å²) in [6, 6.07) is 3.78. The van der Waals surface area contributed by atoms with E-state index in [1.165, 1.54) is 12.1 Å². The summed E-state index contributed by atoms with van der Waals surface area (Å²) in [7, 11) is 0. The van der Waals surface area contributed by atoms with Crippen LogP contribution in [0.15, 0.2) is 18.2 Å². The molecule has 0 radical (unpaired) electrons. The lowest BCUT2D eigenvalue weighted by Crippen LogP contribution is -2.30. The molecule has 4 heteroatoms. The number of nitrogens with zero attached hydrogens (tertiary/aromatic N) is 1. The monoisotopic (exact) mass is 284 g/mol. The first-order valence-electron chi connectivity index (χ1n) is 7.52. The summed E-state index contributed by atoms with van der Waals surface area (Å²) in [5, 5.41) is 3.38. The van der Waals surface area contributed by atoms with E-state index in [0.29, 0.717) is 5.56 Å². The Morgan fingerprint density at radius 2 is 1.65 bits per heavy atom. The van der Waals surface area contributed by atoms with Crippen LogP contribution >= 0.6 is 0 Å². The van der Waals surface area contributed by atoms with Gasteiger partial charge in [0, 0.05) is 12.1 Å². The second-order valence-corrected chi connectivity index (χ2v) is 5.03. The third kappa shape index (κ3) is 5.55. The normalized spacial score (nSPS) is 12.9. The summed E-state index contributed by atoms with van der Waals surface area (Å²) in [4.78, 5) is 2.32. The van der Waals surface area contributed by atoms with Crippen LogP contribution in [0.2, 0.25) is 0 Å². The molecule has 0 aliphatic carbocycles. The van der Waals surface area contributed by atoms with Crippen LogP contribution in [0.25, 0.3) is 0 Å². The van der Waals surface area contributed by atoms with Crippen molar-refractivity contribution in [3.63, 3.8) is 0 Å². The molecule has 0 aliphatic heterocycles. The fourth-order valence-corrected chi connectivity index (χ4v) is 2.33. The summed E-state index contributed by atoms with van der Waals surface area (Å²) in [6.07, 6.45) is 1.85. The molecule has 114 valence electrons. The van der Waals surface area contributed by atoms with E-state index in [1.807, 2.05) is 0 Å². The molecule has 1 unspecified atom stereocenters. The Kier molecular flexibility index (Phi) is 7.70.